The summed E-state index contributed by atoms with van der Waals surface area (Å²) in [5, 5.41) is 13.3. The maximum Gasteiger partial charge on any atom is 0.194 e. The summed E-state index contributed by atoms with van der Waals surface area (Å²) in [5.41, 5.74) is 1.17. The summed E-state index contributed by atoms with van der Waals surface area (Å²) in [6.07, 6.45) is 0.808. The summed E-state index contributed by atoms with van der Waals surface area (Å²) >= 11 is 3.56. The molecule has 2 N–H and O–H groups in total. The number of hydrogen-bond acceptors (Lipinski definition) is 3. The van der Waals surface area contributed by atoms with Gasteiger partial charge in [-0.1, -0.05) is 34.1 Å². The van der Waals surface area contributed by atoms with E-state index in [4.69, 9.17) is 4.42 Å². The van der Waals surface area contributed by atoms with Crippen LogP contribution in [0.4, 0.5) is 0 Å². The van der Waals surface area contributed by atoms with Crippen LogP contribution in [0.1, 0.15) is 24.4 Å². The first-order valence-corrected chi connectivity index (χ1v) is 8.35. The molecule has 0 aliphatic rings. The van der Waals surface area contributed by atoms with Gasteiger partial charge in [-0.05, 0) is 30.7 Å². The number of aliphatic imine (C=N–C) groups is 1. The number of halogens is 1. The van der Waals surface area contributed by atoms with Crippen LogP contribution in [-0.2, 0) is 6.54 Å². The third kappa shape index (κ3) is 5.11. The number of guanidine groups is 1. The average Bonchev–Trinajstić information content (AvgIpc) is 3.07. The zero-order valence-electron chi connectivity index (χ0n) is 13.4. The Labute approximate surface area is 145 Å². The molecule has 0 bridgehead atoms. The van der Waals surface area contributed by atoms with Crippen LogP contribution in [-0.4, -0.2) is 36.1 Å². The third-order valence-electron chi connectivity index (χ3n) is 3.35. The standard InChI is InChI=1S/C17H22BrN3O2/c1-3-19-17(20-11-15(22)16-9-6-10-23-16)21(2)12-13-7-4-5-8-14(13)18/h4-10,15,22H,3,11-12H2,1-2H3,(H,19,20). The molecule has 1 heterocycles. The molecule has 23 heavy (non-hydrogen) atoms. The van der Waals surface area contributed by atoms with Crippen molar-refractivity contribution in [3.8, 4) is 0 Å². The van der Waals surface area contributed by atoms with E-state index in [0.717, 1.165) is 17.0 Å². The van der Waals surface area contributed by atoms with Crippen molar-refractivity contribution in [2.45, 2.75) is 19.6 Å². The fraction of sp³-hybridized carbons (Fsp3) is 0.353. The summed E-state index contributed by atoms with van der Waals surface area (Å²) in [6.45, 7) is 3.74. The zero-order valence-corrected chi connectivity index (χ0v) is 15.0. The van der Waals surface area contributed by atoms with Gasteiger partial charge in [-0.15, -0.1) is 0 Å². The number of nitrogens with zero attached hydrogens (tertiary/aromatic N) is 2. The molecular formula is C17H22BrN3O2. The van der Waals surface area contributed by atoms with Gasteiger partial charge >= 0.3 is 0 Å². The lowest BCUT2D eigenvalue weighted by atomic mass is 10.2. The smallest absolute Gasteiger partial charge is 0.194 e. The molecule has 6 heteroatoms. The second-order valence-electron chi connectivity index (χ2n) is 5.17. The van der Waals surface area contributed by atoms with Gasteiger partial charge in [0.05, 0.1) is 12.8 Å². The molecule has 0 aliphatic heterocycles. The average molecular weight is 380 g/mol. The van der Waals surface area contributed by atoms with E-state index < -0.39 is 6.10 Å². The lowest BCUT2D eigenvalue weighted by molar-refractivity contribution is 0.158. The second-order valence-corrected chi connectivity index (χ2v) is 6.03. The van der Waals surface area contributed by atoms with Crippen LogP contribution in [0.25, 0.3) is 0 Å². The molecule has 1 unspecified atom stereocenters. The Kier molecular flexibility index (Phi) is 6.67. The lowest BCUT2D eigenvalue weighted by Gasteiger charge is -2.23. The minimum absolute atomic E-state index is 0.246. The fourth-order valence-electron chi connectivity index (χ4n) is 2.17. The molecule has 1 atom stereocenters. The highest BCUT2D eigenvalue weighted by molar-refractivity contribution is 9.10. The van der Waals surface area contributed by atoms with Gasteiger partial charge in [0.1, 0.15) is 11.9 Å². The minimum atomic E-state index is -0.740. The monoisotopic (exact) mass is 379 g/mol. The number of hydrogen-bond donors (Lipinski definition) is 2. The summed E-state index contributed by atoms with van der Waals surface area (Å²) in [5.74, 6) is 1.27. The van der Waals surface area contributed by atoms with Crippen LogP contribution in [0.15, 0.2) is 56.5 Å². The molecule has 1 aromatic carbocycles. The molecule has 2 aromatic rings. The van der Waals surface area contributed by atoms with Crippen LogP contribution >= 0.6 is 15.9 Å². The number of rotatable bonds is 6. The van der Waals surface area contributed by atoms with Gasteiger partial charge in [0.2, 0.25) is 0 Å². The largest absolute Gasteiger partial charge is 0.467 e. The maximum absolute atomic E-state index is 10.1. The van der Waals surface area contributed by atoms with E-state index in [2.05, 4.69) is 32.3 Å². The zero-order chi connectivity index (χ0) is 16.7. The summed E-state index contributed by atoms with van der Waals surface area (Å²) < 4.78 is 6.27. The van der Waals surface area contributed by atoms with Crippen molar-refractivity contribution in [3.05, 3.63) is 58.5 Å². The Bertz CT molecular complexity index is 629. The minimum Gasteiger partial charge on any atom is -0.467 e. The topological polar surface area (TPSA) is 61.0 Å². The van der Waals surface area contributed by atoms with Crippen LogP contribution in [0.3, 0.4) is 0 Å². The normalized spacial score (nSPS) is 13.0. The van der Waals surface area contributed by atoms with E-state index >= 15 is 0 Å². The molecule has 0 spiro atoms. The van der Waals surface area contributed by atoms with Gasteiger partial charge in [-0.2, -0.15) is 0 Å². The molecule has 5 nitrogen and oxygen atoms in total. The molecule has 1 aromatic heterocycles. The highest BCUT2D eigenvalue weighted by Crippen LogP contribution is 2.17. The number of benzene rings is 1. The van der Waals surface area contributed by atoms with Crippen LogP contribution in [0, 0.1) is 0 Å². The Morgan fingerprint density at radius 1 is 1.35 bits per heavy atom. The molecule has 0 amide bonds. The van der Waals surface area contributed by atoms with Gasteiger partial charge in [0.15, 0.2) is 5.96 Å². The molecule has 0 radical (unpaired) electrons. The number of aliphatic hydroxyl groups is 1. The Morgan fingerprint density at radius 2 is 2.13 bits per heavy atom. The van der Waals surface area contributed by atoms with Crippen molar-refractivity contribution in [3.63, 3.8) is 0 Å². The van der Waals surface area contributed by atoms with E-state index in [1.807, 2.05) is 37.1 Å². The van der Waals surface area contributed by atoms with Crippen molar-refractivity contribution in [2.75, 3.05) is 20.1 Å². The Hall–Kier alpha value is -1.79. The predicted octanol–water partition coefficient (Wildman–Crippen LogP) is 3.17. The summed E-state index contributed by atoms with van der Waals surface area (Å²) in [7, 11) is 1.97. The summed E-state index contributed by atoms with van der Waals surface area (Å²) in [6, 6.07) is 11.6. The van der Waals surface area contributed by atoms with Gasteiger partial charge in [0, 0.05) is 24.6 Å². The van der Waals surface area contributed by atoms with E-state index in [-0.39, 0.29) is 6.54 Å². The van der Waals surface area contributed by atoms with E-state index in [0.29, 0.717) is 12.3 Å². The lowest BCUT2D eigenvalue weighted by Crippen LogP contribution is -2.38. The van der Waals surface area contributed by atoms with E-state index in [9.17, 15) is 5.11 Å². The number of aliphatic hydroxyl groups excluding tert-OH is 1. The highest BCUT2D eigenvalue weighted by Gasteiger charge is 2.12. The highest BCUT2D eigenvalue weighted by atomic mass is 79.9. The van der Waals surface area contributed by atoms with Gasteiger partial charge < -0.3 is 19.7 Å². The Balaban J connectivity index is 2.04. The molecule has 124 valence electrons. The predicted molar refractivity (Wildman–Crippen MR) is 95.3 cm³/mol. The van der Waals surface area contributed by atoms with Crippen molar-refractivity contribution in [2.24, 2.45) is 4.99 Å². The number of furan rings is 1. The van der Waals surface area contributed by atoms with Gasteiger partial charge in [-0.3, -0.25) is 0 Å². The van der Waals surface area contributed by atoms with Crippen molar-refractivity contribution >= 4 is 21.9 Å². The molecular weight excluding hydrogens is 358 g/mol. The van der Waals surface area contributed by atoms with Gasteiger partial charge in [0.25, 0.3) is 0 Å². The van der Waals surface area contributed by atoms with Crippen LogP contribution < -0.4 is 5.32 Å². The van der Waals surface area contributed by atoms with E-state index in [1.165, 1.54) is 5.56 Å². The molecule has 0 saturated heterocycles. The van der Waals surface area contributed by atoms with Gasteiger partial charge in [-0.25, -0.2) is 4.99 Å². The second kappa shape index (κ2) is 8.74. The first-order chi connectivity index (χ1) is 11.1. The SMILES string of the molecule is CCNC(=NCC(O)c1ccco1)N(C)Cc1ccccc1Br. The third-order valence-corrected chi connectivity index (χ3v) is 4.12. The quantitative estimate of drug-likeness (QED) is 0.597. The molecule has 0 saturated carbocycles. The first kappa shape index (κ1) is 17.6. The maximum atomic E-state index is 10.1. The Morgan fingerprint density at radius 3 is 2.78 bits per heavy atom. The van der Waals surface area contributed by atoms with Crippen molar-refractivity contribution < 1.29 is 9.52 Å². The molecule has 0 fully saturated rings. The summed E-state index contributed by atoms with van der Waals surface area (Å²) in [4.78, 5) is 6.53. The number of nitrogens with one attached hydrogen (secondary N) is 1. The molecule has 2 rings (SSSR count). The van der Waals surface area contributed by atoms with Crippen LogP contribution in [0.2, 0.25) is 0 Å². The van der Waals surface area contributed by atoms with Crippen LogP contribution in [0.5, 0.6) is 0 Å². The first-order valence-electron chi connectivity index (χ1n) is 7.56. The van der Waals surface area contributed by atoms with Crippen molar-refractivity contribution in [1.82, 2.24) is 10.2 Å². The fourth-order valence-corrected chi connectivity index (χ4v) is 2.58. The van der Waals surface area contributed by atoms with E-state index in [1.54, 1.807) is 18.4 Å². The van der Waals surface area contributed by atoms with Crippen molar-refractivity contribution in [1.29, 1.82) is 0 Å². The molecule has 0 aliphatic carbocycles.